The first-order valence-corrected chi connectivity index (χ1v) is 13.7. The molecule has 196 valence electrons. The molecular formula is C26H43N4O4P. The molecule has 2 aromatic rings. The van der Waals surface area contributed by atoms with Crippen LogP contribution in [0.5, 0.6) is 0 Å². The minimum Gasteiger partial charge on any atom is -0.392 e. The number of rotatable bonds is 4. The van der Waals surface area contributed by atoms with Crippen LogP contribution in [-0.2, 0) is 16.1 Å². The van der Waals surface area contributed by atoms with Crippen molar-refractivity contribution in [3.05, 3.63) is 47.0 Å². The zero-order valence-corrected chi connectivity index (χ0v) is 22.1. The number of carbonyl (C=O) groups excluding carboxylic acids is 1. The zero-order valence-electron chi connectivity index (χ0n) is 21.1. The number of ether oxygens (including phenoxy) is 2. The molecule has 2 saturated heterocycles. The van der Waals surface area contributed by atoms with Crippen LogP contribution in [-0.4, -0.2) is 86.8 Å². The predicted molar refractivity (Wildman–Crippen MR) is 147 cm³/mol. The fraction of sp³-hybridized carbons (Fsp3) is 0.577. The summed E-state index contributed by atoms with van der Waals surface area (Å²) in [4.78, 5) is 23.8. The third-order valence-corrected chi connectivity index (χ3v) is 5.55. The van der Waals surface area contributed by atoms with Crippen LogP contribution in [0.3, 0.4) is 0 Å². The summed E-state index contributed by atoms with van der Waals surface area (Å²) >= 11 is 0. The topological polar surface area (TPSA) is 88.0 Å². The van der Waals surface area contributed by atoms with Gasteiger partial charge in [-0.05, 0) is 51.8 Å². The van der Waals surface area contributed by atoms with Crippen LogP contribution in [0.4, 0.5) is 11.4 Å². The van der Waals surface area contributed by atoms with Crippen molar-refractivity contribution in [2.24, 2.45) is 0 Å². The fourth-order valence-electron chi connectivity index (χ4n) is 3.75. The second-order valence-electron chi connectivity index (χ2n) is 8.31. The van der Waals surface area contributed by atoms with Gasteiger partial charge in [-0.1, -0.05) is 7.43 Å². The van der Waals surface area contributed by atoms with E-state index < -0.39 is 0 Å². The van der Waals surface area contributed by atoms with E-state index in [0.717, 1.165) is 89.3 Å². The number of aromatic nitrogens is 2. The summed E-state index contributed by atoms with van der Waals surface area (Å²) in [5.74, 6) is 0. The molecule has 0 amide bonds. The van der Waals surface area contributed by atoms with Crippen molar-refractivity contribution in [3.63, 3.8) is 0 Å². The predicted octanol–water partition coefficient (Wildman–Crippen LogP) is 3.71. The number of morpholine rings is 2. The zero-order chi connectivity index (χ0) is 24.9. The summed E-state index contributed by atoms with van der Waals surface area (Å²) in [6, 6.07) is 4.24. The molecule has 4 rings (SSSR count). The van der Waals surface area contributed by atoms with Crippen LogP contribution in [0.1, 0.15) is 41.7 Å². The highest BCUT2D eigenvalue weighted by atomic mass is 31.1. The van der Waals surface area contributed by atoms with Crippen LogP contribution in [0.2, 0.25) is 0 Å². The van der Waals surface area contributed by atoms with E-state index >= 15 is 0 Å². The second-order valence-corrected chi connectivity index (χ2v) is 9.31. The molecule has 2 aliphatic heterocycles. The van der Waals surface area contributed by atoms with E-state index in [1.165, 1.54) is 0 Å². The van der Waals surface area contributed by atoms with Gasteiger partial charge in [0.15, 0.2) is 6.29 Å². The Bertz CT molecular complexity index is 894. The average Bonchev–Trinajstić information content (AvgIpc) is 2.87. The number of pyridine rings is 2. The maximum Gasteiger partial charge on any atom is 0.151 e. The molecule has 0 bridgehead atoms. The van der Waals surface area contributed by atoms with Crippen LogP contribution in [0.25, 0.3) is 0 Å². The monoisotopic (exact) mass is 506 g/mol. The Morgan fingerprint density at radius 2 is 1.63 bits per heavy atom. The summed E-state index contributed by atoms with van der Waals surface area (Å²) < 4.78 is 10.7. The molecule has 0 aromatic carbocycles. The first kappa shape index (κ1) is 30.9. The molecule has 0 spiro atoms. The molecule has 2 aliphatic rings. The van der Waals surface area contributed by atoms with Crippen molar-refractivity contribution in [1.82, 2.24) is 9.97 Å². The minimum absolute atomic E-state index is 0. The number of hydrogen-bond donors (Lipinski definition) is 1. The average molecular weight is 507 g/mol. The maximum absolute atomic E-state index is 10.8. The number of hydrogen-bond acceptors (Lipinski definition) is 8. The molecule has 0 unspecified atom stereocenters. The van der Waals surface area contributed by atoms with E-state index in [1.807, 2.05) is 26.0 Å². The lowest BCUT2D eigenvalue weighted by Crippen LogP contribution is -2.44. The lowest BCUT2D eigenvalue weighted by atomic mass is 10.1. The molecule has 8 nitrogen and oxygen atoms in total. The first-order valence-electron chi connectivity index (χ1n) is 11.7. The number of anilines is 2. The van der Waals surface area contributed by atoms with Gasteiger partial charge in [-0.25, -0.2) is 0 Å². The lowest BCUT2D eigenvalue weighted by molar-refractivity contribution is 0.0988. The number of aldehydes is 1. The van der Waals surface area contributed by atoms with Crippen LogP contribution in [0.15, 0.2) is 24.5 Å². The fourth-order valence-corrected chi connectivity index (χ4v) is 3.75. The lowest BCUT2D eigenvalue weighted by Gasteiger charge is -2.35. The molecule has 0 aliphatic carbocycles. The standard InChI is InChI=1S/C12H16N2O2.C11H16N2O2.C2H7P.CH4/c1-9-8-16-4-3-14(9)12-5-11(7-15)6-13-10(12)2;1-9-11(6-10(8-14)7-12-9)13-2-4-15-5-3-13;1-3-2;/h5-7,9H,3-4,8H2,1-2H3;6-7,14H,2-5,8H2,1H3;3H,1-2H3;1H4/t9-;;;/m0.../s1. The summed E-state index contributed by atoms with van der Waals surface area (Å²) in [6.07, 6.45) is 4.16. The van der Waals surface area contributed by atoms with Crippen molar-refractivity contribution < 1.29 is 19.4 Å². The van der Waals surface area contributed by atoms with Gasteiger partial charge in [0.1, 0.15) is 0 Å². The van der Waals surface area contributed by atoms with Crippen molar-refractivity contribution in [3.8, 4) is 0 Å². The summed E-state index contributed by atoms with van der Waals surface area (Å²) in [5.41, 5.74) is 5.61. The van der Waals surface area contributed by atoms with Gasteiger partial charge < -0.3 is 24.4 Å². The van der Waals surface area contributed by atoms with E-state index in [1.54, 1.807) is 12.4 Å². The summed E-state index contributed by atoms with van der Waals surface area (Å²) in [6.45, 7) is 16.1. The van der Waals surface area contributed by atoms with E-state index in [4.69, 9.17) is 14.6 Å². The van der Waals surface area contributed by atoms with E-state index in [9.17, 15) is 4.79 Å². The highest BCUT2D eigenvalue weighted by Gasteiger charge is 2.21. The van der Waals surface area contributed by atoms with Crippen molar-refractivity contribution in [1.29, 1.82) is 0 Å². The molecule has 4 heterocycles. The van der Waals surface area contributed by atoms with E-state index in [-0.39, 0.29) is 14.0 Å². The van der Waals surface area contributed by atoms with Gasteiger partial charge in [-0.15, -0.1) is 8.58 Å². The van der Waals surface area contributed by atoms with Gasteiger partial charge in [0.05, 0.1) is 55.8 Å². The van der Waals surface area contributed by atoms with E-state index in [2.05, 4.69) is 40.0 Å². The summed E-state index contributed by atoms with van der Waals surface area (Å²) in [7, 11) is 1.08. The minimum atomic E-state index is 0. The normalized spacial score (nSPS) is 17.3. The van der Waals surface area contributed by atoms with Crippen LogP contribution < -0.4 is 9.80 Å². The Hall–Kier alpha value is -2.12. The number of carbonyl (C=O) groups is 1. The van der Waals surface area contributed by atoms with Crippen LogP contribution in [0, 0.1) is 13.8 Å². The Morgan fingerprint density at radius 3 is 2.23 bits per heavy atom. The second kappa shape index (κ2) is 16.5. The SMILES string of the molecule is C.CPC.Cc1ncc(C=O)cc1N1CCOC[C@@H]1C.Cc1ncc(CO)cc1N1CCOCC1. The third-order valence-electron chi connectivity index (χ3n) is 5.55. The quantitative estimate of drug-likeness (QED) is 0.496. The molecular weight excluding hydrogens is 463 g/mol. The molecule has 0 saturated carbocycles. The largest absolute Gasteiger partial charge is 0.392 e. The molecule has 1 atom stereocenters. The Kier molecular flexibility index (Phi) is 14.6. The highest BCUT2D eigenvalue weighted by Crippen LogP contribution is 2.23. The highest BCUT2D eigenvalue weighted by molar-refractivity contribution is 7.35. The maximum atomic E-state index is 10.8. The van der Waals surface area contributed by atoms with Gasteiger partial charge in [0, 0.05) is 43.6 Å². The Labute approximate surface area is 212 Å². The summed E-state index contributed by atoms with van der Waals surface area (Å²) in [5, 5.41) is 9.07. The van der Waals surface area contributed by atoms with Gasteiger partial charge in [-0.2, -0.15) is 0 Å². The van der Waals surface area contributed by atoms with Crippen molar-refractivity contribution in [2.75, 3.05) is 69.2 Å². The Balaban J connectivity index is 0.000000308. The number of nitrogens with zero attached hydrogens (tertiary/aromatic N) is 4. The van der Waals surface area contributed by atoms with Gasteiger partial charge >= 0.3 is 0 Å². The van der Waals surface area contributed by atoms with E-state index in [0.29, 0.717) is 11.6 Å². The molecule has 9 heteroatoms. The molecule has 2 fully saturated rings. The first-order chi connectivity index (χ1) is 16.4. The molecule has 0 radical (unpaired) electrons. The number of aliphatic hydroxyl groups excluding tert-OH is 1. The smallest absolute Gasteiger partial charge is 0.151 e. The van der Waals surface area contributed by atoms with Crippen LogP contribution >= 0.6 is 8.58 Å². The molecule has 1 N–H and O–H groups in total. The number of aliphatic hydroxyl groups is 1. The van der Waals surface area contributed by atoms with Gasteiger partial charge in [-0.3, -0.25) is 14.8 Å². The number of aryl methyl sites for hydroxylation is 2. The third kappa shape index (κ3) is 9.45. The molecule has 35 heavy (non-hydrogen) atoms. The van der Waals surface area contributed by atoms with Gasteiger partial charge in [0.25, 0.3) is 0 Å². The van der Waals surface area contributed by atoms with Crippen molar-refractivity contribution >= 4 is 26.2 Å². The Morgan fingerprint density at radius 1 is 1.03 bits per heavy atom. The van der Waals surface area contributed by atoms with Gasteiger partial charge in [0.2, 0.25) is 0 Å². The molecule has 2 aromatic heterocycles. The van der Waals surface area contributed by atoms with Crippen molar-refractivity contribution in [2.45, 2.75) is 40.8 Å².